The molecule has 4 atom stereocenters. The highest BCUT2D eigenvalue weighted by Crippen LogP contribution is 2.48. The molecule has 2 aromatic heterocycles. The van der Waals surface area contributed by atoms with Crippen LogP contribution in [0.2, 0.25) is 20.1 Å². The average molecular weight is 970 g/mol. The topological polar surface area (TPSA) is 183 Å². The summed E-state index contributed by atoms with van der Waals surface area (Å²) < 4.78 is 37.9. The Morgan fingerprint density at radius 2 is 1.09 bits per heavy atom. The molecule has 4 N–H and O–H groups in total. The first-order chi connectivity index (χ1) is 31.1. The van der Waals surface area contributed by atoms with Gasteiger partial charge in [-0.15, -0.1) is 0 Å². The molecule has 344 valence electrons. The fourth-order valence-electron chi connectivity index (χ4n) is 7.40. The van der Waals surface area contributed by atoms with Crippen molar-refractivity contribution in [3.8, 4) is 45.3 Å². The smallest absolute Gasteiger partial charge is 0.306 e. The number of halogens is 4. The van der Waals surface area contributed by atoms with Gasteiger partial charge in [-0.1, -0.05) is 58.5 Å². The molecule has 65 heavy (non-hydrogen) atoms. The van der Waals surface area contributed by atoms with Crippen molar-refractivity contribution in [2.45, 2.75) is 50.9 Å². The standard InChI is InChI=1S/C26H29Cl2N3O5.C20H20Cl2N4O3/c1-26(2,3)36-21(32)9-16-12-35-13-18(16)31-25-29-11-15-8-14(6-7-17(15)30-25)22-23(27)19(33-4)10-20(34-5)24(22)28;1-27-15-6-16(28-2)19(22)17(18(15)21)10-3-4-13-11(5-10)7-24-20(25-13)26-14-9-29-8-12(14)23/h6-8,10-11,16,18H,9,12-13H2,1-5H3,(H,29,30,31);3-7,12,14H,8-9,23H2,1-2H3,(H,24,25,26)/t16-,18+;12-,14+/m00/s1. The lowest BCUT2D eigenvalue weighted by molar-refractivity contribution is -0.156. The third-order valence-corrected chi connectivity index (χ3v) is 12.2. The summed E-state index contributed by atoms with van der Waals surface area (Å²) in [5.74, 6) is 2.57. The highest BCUT2D eigenvalue weighted by Gasteiger charge is 2.33. The SMILES string of the molecule is COc1cc(OC)c(Cl)c(-c2ccc3nc(N[C@@H]4COC[C@@H]4CC(=O)OC(C)(C)C)ncc3c2)c1Cl.COc1cc(OC)c(Cl)c(-c2ccc3nc(N[C@@H]4COC[C@@H]4N)ncc3c2)c1Cl. The molecule has 0 spiro atoms. The van der Waals surface area contributed by atoms with Gasteiger partial charge < -0.3 is 49.5 Å². The van der Waals surface area contributed by atoms with Crippen molar-refractivity contribution in [2.75, 3.05) is 65.5 Å². The van der Waals surface area contributed by atoms with Gasteiger partial charge in [0.05, 0.1) is 111 Å². The Kier molecular flexibility index (Phi) is 15.1. The number of anilines is 2. The van der Waals surface area contributed by atoms with E-state index in [0.717, 1.165) is 32.9 Å². The van der Waals surface area contributed by atoms with Gasteiger partial charge >= 0.3 is 5.97 Å². The van der Waals surface area contributed by atoms with Crippen molar-refractivity contribution in [1.29, 1.82) is 0 Å². The minimum absolute atomic E-state index is 0.00594. The lowest BCUT2D eigenvalue weighted by Crippen LogP contribution is -2.39. The monoisotopic (exact) mass is 967 g/mol. The largest absolute Gasteiger partial charge is 0.495 e. The van der Waals surface area contributed by atoms with E-state index in [4.69, 9.17) is 85.3 Å². The Morgan fingerprint density at radius 3 is 1.51 bits per heavy atom. The summed E-state index contributed by atoms with van der Waals surface area (Å²) in [6.45, 7) is 7.56. The van der Waals surface area contributed by atoms with Crippen LogP contribution in [0.4, 0.5) is 11.9 Å². The molecule has 0 amide bonds. The molecule has 0 bridgehead atoms. The summed E-state index contributed by atoms with van der Waals surface area (Å²) in [6, 6.07) is 14.5. The second kappa shape index (κ2) is 20.6. The van der Waals surface area contributed by atoms with Gasteiger partial charge in [0.15, 0.2) is 0 Å². The third kappa shape index (κ3) is 10.9. The van der Waals surface area contributed by atoms with Gasteiger partial charge in [0, 0.05) is 52.3 Å². The lowest BCUT2D eigenvalue weighted by Gasteiger charge is -2.23. The van der Waals surface area contributed by atoms with E-state index in [1.807, 2.05) is 57.2 Å². The van der Waals surface area contributed by atoms with E-state index < -0.39 is 5.60 Å². The van der Waals surface area contributed by atoms with Gasteiger partial charge in [0.1, 0.15) is 28.6 Å². The first-order valence-corrected chi connectivity index (χ1v) is 22.0. The molecule has 4 aromatic carbocycles. The average Bonchev–Trinajstić information content (AvgIpc) is 3.90. The summed E-state index contributed by atoms with van der Waals surface area (Å²) in [6.07, 6.45) is 3.73. The lowest BCUT2D eigenvalue weighted by atomic mass is 10.00. The first-order valence-electron chi connectivity index (χ1n) is 20.5. The molecule has 2 saturated heterocycles. The van der Waals surface area contributed by atoms with E-state index >= 15 is 0 Å². The zero-order chi connectivity index (χ0) is 46.6. The predicted octanol–water partition coefficient (Wildman–Crippen LogP) is 9.54. The normalized spacial score (nSPS) is 18.2. The summed E-state index contributed by atoms with van der Waals surface area (Å²) in [5, 5.41) is 9.79. The van der Waals surface area contributed by atoms with Crippen molar-refractivity contribution in [3.63, 3.8) is 0 Å². The van der Waals surface area contributed by atoms with E-state index in [9.17, 15) is 4.79 Å². The second-order valence-corrected chi connectivity index (χ2v) is 17.8. The van der Waals surface area contributed by atoms with Crippen LogP contribution < -0.4 is 35.3 Å². The van der Waals surface area contributed by atoms with Gasteiger partial charge in [0.25, 0.3) is 0 Å². The van der Waals surface area contributed by atoms with E-state index in [1.165, 1.54) is 14.2 Å². The zero-order valence-electron chi connectivity index (χ0n) is 36.8. The molecule has 0 aliphatic carbocycles. The number of hydrogen-bond acceptors (Lipinski definition) is 15. The number of ether oxygens (including phenoxy) is 7. The quantitative estimate of drug-likeness (QED) is 0.0985. The maximum atomic E-state index is 12.3. The molecule has 0 unspecified atom stereocenters. The number of esters is 1. The summed E-state index contributed by atoms with van der Waals surface area (Å²) in [7, 11) is 6.16. The van der Waals surface area contributed by atoms with E-state index in [1.54, 1.807) is 38.7 Å². The molecule has 0 saturated carbocycles. The van der Waals surface area contributed by atoms with Crippen LogP contribution >= 0.6 is 46.4 Å². The number of hydrogen-bond donors (Lipinski definition) is 3. The van der Waals surface area contributed by atoms with Crippen molar-refractivity contribution < 1.29 is 38.0 Å². The molecule has 4 heterocycles. The number of aromatic nitrogens is 4. The Labute approximate surface area is 396 Å². The van der Waals surface area contributed by atoms with Crippen molar-refractivity contribution in [2.24, 2.45) is 11.7 Å². The number of carbonyl (C=O) groups is 1. The van der Waals surface area contributed by atoms with E-state index in [-0.39, 0.29) is 36.4 Å². The van der Waals surface area contributed by atoms with E-state index in [2.05, 4.69) is 30.6 Å². The van der Waals surface area contributed by atoms with Crippen LogP contribution in [0.25, 0.3) is 44.1 Å². The highest BCUT2D eigenvalue weighted by atomic mass is 35.5. The van der Waals surface area contributed by atoms with Crippen LogP contribution in [-0.2, 0) is 19.0 Å². The Balaban J connectivity index is 0.000000198. The second-order valence-electron chi connectivity index (χ2n) is 16.3. The number of rotatable bonds is 12. The zero-order valence-corrected chi connectivity index (χ0v) is 39.8. The molecular formula is C46H49Cl4N7O8. The van der Waals surface area contributed by atoms with Crippen molar-refractivity contribution in [1.82, 2.24) is 19.9 Å². The fraction of sp³-hybridized carbons (Fsp3) is 0.370. The predicted molar refractivity (Wildman–Crippen MR) is 255 cm³/mol. The molecule has 15 nitrogen and oxygen atoms in total. The number of fused-ring (bicyclic) bond motifs is 2. The summed E-state index contributed by atoms with van der Waals surface area (Å²) in [4.78, 5) is 30.4. The van der Waals surface area contributed by atoms with Crippen LogP contribution in [0.1, 0.15) is 27.2 Å². The minimum Gasteiger partial charge on any atom is -0.495 e. The Bertz CT molecular complexity index is 2650. The van der Waals surface area contributed by atoms with Gasteiger partial charge in [-0.25, -0.2) is 19.9 Å². The van der Waals surface area contributed by atoms with Gasteiger partial charge in [-0.2, -0.15) is 0 Å². The van der Waals surface area contributed by atoms with Crippen LogP contribution in [-0.4, -0.2) is 104 Å². The number of nitrogens with one attached hydrogen (secondary N) is 2. The number of nitrogens with zero attached hydrogens (tertiary/aromatic N) is 4. The van der Waals surface area contributed by atoms with Crippen LogP contribution in [0.5, 0.6) is 23.0 Å². The van der Waals surface area contributed by atoms with Crippen LogP contribution in [0, 0.1) is 5.92 Å². The van der Waals surface area contributed by atoms with Gasteiger partial charge in [-0.05, 0) is 56.2 Å². The van der Waals surface area contributed by atoms with Gasteiger partial charge in [-0.3, -0.25) is 4.79 Å². The molecule has 2 aliphatic rings. The number of methoxy groups -OCH3 is 4. The number of carbonyl (C=O) groups excluding carboxylic acids is 1. The van der Waals surface area contributed by atoms with Crippen molar-refractivity contribution in [3.05, 3.63) is 81.0 Å². The van der Waals surface area contributed by atoms with Crippen LogP contribution in [0.3, 0.4) is 0 Å². The third-order valence-electron chi connectivity index (χ3n) is 10.7. The van der Waals surface area contributed by atoms with Crippen LogP contribution in [0.15, 0.2) is 60.9 Å². The molecule has 8 rings (SSSR count). The first kappa shape index (κ1) is 47.8. The highest BCUT2D eigenvalue weighted by molar-refractivity contribution is 6.42. The fourth-order valence-corrected chi connectivity index (χ4v) is 8.84. The van der Waals surface area contributed by atoms with Gasteiger partial charge in [0.2, 0.25) is 11.9 Å². The maximum Gasteiger partial charge on any atom is 0.306 e. The molecule has 2 aliphatic heterocycles. The summed E-state index contributed by atoms with van der Waals surface area (Å²) >= 11 is 26.2. The minimum atomic E-state index is -0.524. The number of benzene rings is 4. The Hall–Kier alpha value is -5.13. The molecule has 0 radical (unpaired) electrons. The molecular weight excluding hydrogens is 920 g/mol. The molecule has 2 fully saturated rings. The van der Waals surface area contributed by atoms with Crippen molar-refractivity contribution >= 4 is 86.1 Å². The Morgan fingerprint density at radius 1 is 0.662 bits per heavy atom. The number of nitrogens with two attached hydrogens (primary N) is 1. The van der Waals surface area contributed by atoms with E-state index in [0.29, 0.717) is 92.5 Å². The molecule has 6 aromatic rings. The molecule has 19 heteroatoms. The maximum absolute atomic E-state index is 12.3. The summed E-state index contributed by atoms with van der Waals surface area (Å²) in [5.41, 5.74) is 9.82.